The molecule has 0 aliphatic heterocycles. The molecule has 0 spiro atoms. The molecule has 0 aliphatic carbocycles. The highest BCUT2D eigenvalue weighted by Crippen LogP contribution is 2.04. The lowest BCUT2D eigenvalue weighted by Crippen LogP contribution is -3.00. The smallest absolute Gasteiger partial charge is 0.169 e. The van der Waals surface area contributed by atoms with Crippen molar-refractivity contribution in [1.29, 1.82) is 0 Å². The summed E-state index contributed by atoms with van der Waals surface area (Å²) < 4.78 is 2.26. The van der Waals surface area contributed by atoms with Crippen LogP contribution in [-0.4, -0.2) is 0 Å². The van der Waals surface area contributed by atoms with Crippen LogP contribution in [0, 0.1) is 0 Å². The number of aryl methyl sites for hydroxylation is 1. The van der Waals surface area contributed by atoms with Crippen molar-refractivity contribution >= 4 is 6.08 Å². The molecule has 1 nitrogen and oxygen atoms in total. The van der Waals surface area contributed by atoms with Gasteiger partial charge >= 0.3 is 0 Å². The lowest BCUT2D eigenvalue weighted by atomic mass is 10.1. The fourth-order valence-corrected chi connectivity index (χ4v) is 1.83. The van der Waals surface area contributed by atoms with Gasteiger partial charge < -0.3 is 12.4 Å². The summed E-state index contributed by atoms with van der Waals surface area (Å²) in [6.45, 7) is 7.16. The molecule has 0 aromatic carbocycles. The van der Waals surface area contributed by atoms with Gasteiger partial charge in [-0.1, -0.05) is 45.3 Å². The van der Waals surface area contributed by atoms with Crippen LogP contribution in [0.25, 0.3) is 6.08 Å². The molecule has 0 bridgehead atoms. The Balaban J connectivity index is 0.00000256. The van der Waals surface area contributed by atoms with Crippen molar-refractivity contribution < 1.29 is 17.0 Å². The number of hydrogen-bond donors (Lipinski definition) is 0. The molecule has 0 saturated heterocycles. The van der Waals surface area contributed by atoms with Crippen molar-refractivity contribution in [1.82, 2.24) is 0 Å². The maximum absolute atomic E-state index is 3.76. The van der Waals surface area contributed by atoms with E-state index in [1.807, 2.05) is 6.08 Å². The molecule has 0 N–H and O–H groups in total. The topological polar surface area (TPSA) is 3.88 Å². The highest BCUT2D eigenvalue weighted by Gasteiger charge is 1.99. The van der Waals surface area contributed by atoms with E-state index in [1.54, 1.807) is 0 Å². The van der Waals surface area contributed by atoms with Gasteiger partial charge in [-0.15, -0.1) is 0 Å². The highest BCUT2D eigenvalue weighted by atomic mass is 35.5. The lowest BCUT2D eigenvalue weighted by molar-refractivity contribution is -0.697. The molecule has 1 heterocycles. The second kappa shape index (κ2) is 10.3. The van der Waals surface area contributed by atoms with Crippen LogP contribution in [0.15, 0.2) is 31.1 Å². The Morgan fingerprint density at radius 2 is 1.65 bits per heavy atom. The van der Waals surface area contributed by atoms with E-state index < -0.39 is 0 Å². The average molecular weight is 254 g/mol. The third-order valence-corrected chi connectivity index (χ3v) is 2.92. The molecule has 0 amide bonds. The number of pyridine rings is 1. The number of nitrogens with zero attached hydrogens (tertiary/aromatic N) is 1. The van der Waals surface area contributed by atoms with E-state index in [1.165, 1.54) is 44.1 Å². The summed E-state index contributed by atoms with van der Waals surface area (Å²) in [4.78, 5) is 0. The summed E-state index contributed by atoms with van der Waals surface area (Å²) in [5.41, 5.74) is 1.19. The van der Waals surface area contributed by atoms with E-state index in [0.29, 0.717) is 0 Å². The van der Waals surface area contributed by atoms with E-state index in [-0.39, 0.29) is 12.4 Å². The van der Waals surface area contributed by atoms with Gasteiger partial charge in [0, 0.05) is 18.6 Å². The zero-order valence-electron chi connectivity index (χ0n) is 10.9. The van der Waals surface area contributed by atoms with E-state index in [2.05, 4.69) is 42.6 Å². The molecule has 0 radical (unpaired) electrons. The van der Waals surface area contributed by atoms with Gasteiger partial charge in [-0.25, -0.2) is 4.57 Å². The Bertz CT molecular complexity index is 292. The zero-order valence-corrected chi connectivity index (χ0v) is 11.6. The van der Waals surface area contributed by atoms with Crippen molar-refractivity contribution in [2.75, 3.05) is 0 Å². The molecule has 1 aromatic rings. The van der Waals surface area contributed by atoms with Crippen molar-refractivity contribution in [3.63, 3.8) is 0 Å². The average Bonchev–Trinajstić information content (AvgIpc) is 2.34. The first-order chi connectivity index (χ1) is 7.86. The van der Waals surface area contributed by atoms with Gasteiger partial charge in [0.25, 0.3) is 0 Å². The van der Waals surface area contributed by atoms with Gasteiger partial charge in [-0.05, 0) is 12.0 Å². The fraction of sp³-hybridized carbons (Fsp3) is 0.533. The molecular formula is C15H24ClN. The minimum Gasteiger partial charge on any atom is -1.00 e. The molecule has 96 valence electrons. The summed E-state index contributed by atoms with van der Waals surface area (Å²) >= 11 is 0. The normalized spacial score (nSPS) is 9.71. The van der Waals surface area contributed by atoms with Gasteiger partial charge in [-0.3, -0.25) is 0 Å². The van der Waals surface area contributed by atoms with E-state index >= 15 is 0 Å². The summed E-state index contributed by atoms with van der Waals surface area (Å²) in [6.07, 6.45) is 14.3. The maximum Gasteiger partial charge on any atom is 0.169 e. The highest BCUT2D eigenvalue weighted by molar-refractivity contribution is 5.44. The minimum absolute atomic E-state index is 0. The number of aromatic nitrogens is 1. The van der Waals surface area contributed by atoms with Crippen LogP contribution in [0.4, 0.5) is 0 Å². The molecule has 0 fully saturated rings. The van der Waals surface area contributed by atoms with Crippen LogP contribution < -0.4 is 17.0 Å². The summed E-state index contributed by atoms with van der Waals surface area (Å²) in [6, 6.07) is 4.23. The van der Waals surface area contributed by atoms with Gasteiger partial charge in [0.15, 0.2) is 12.4 Å². The number of halogens is 1. The van der Waals surface area contributed by atoms with Crippen LogP contribution in [-0.2, 0) is 6.54 Å². The third kappa shape index (κ3) is 7.17. The van der Waals surface area contributed by atoms with Crippen LogP contribution in [0.2, 0.25) is 0 Å². The molecule has 0 unspecified atom stereocenters. The molecule has 0 aliphatic rings. The summed E-state index contributed by atoms with van der Waals surface area (Å²) in [7, 11) is 0. The molecule has 0 atom stereocenters. The van der Waals surface area contributed by atoms with Crippen LogP contribution in [0.5, 0.6) is 0 Å². The first-order valence-electron chi connectivity index (χ1n) is 6.48. The summed E-state index contributed by atoms with van der Waals surface area (Å²) in [5, 5.41) is 0. The van der Waals surface area contributed by atoms with Crippen LogP contribution in [0.1, 0.15) is 51.0 Å². The Labute approximate surface area is 112 Å². The van der Waals surface area contributed by atoms with Crippen molar-refractivity contribution in [2.45, 2.75) is 52.0 Å². The Morgan fingerprint density at radius 3 is 2.24 bits per heavy atom. The molecule has 0 saturated carbocycles. The molecule has 2 heteroatoms. The van der Waals surface area contributed by atoms with Gasteiger partial charge in [0.05, 0.1) is 0 Å². The van der Waals surface area contributed by atoms with E-state index in [4.69, 9.17) is 0 Å². The largest absolute Gasteiger partial charge is 1.00 e. The van der Waals surface area contributed by atoms with Gasteiger partial charge in [-0.2, -0.15) is 0 Å². The first kappa shape index (κ1) is 16.2. The molecule has 17 heavy (non-hydrogen) atoms. The summed E-state index contributed by atoms with van der Waals surface area (Å²) in [5.74, 6) is 0. The van der Waals surface area contributed by atoms with Crippen molar-refractivity contribution in [3.8, 4) is 0 Å². The SMILES string of the molecule is C=Cc1cc[n+](CCCCCCCC)cc1.[Cl-]. The Hall–Kier alpha value is -0.820. The molecule has 1 aromatic heterocycles. The van der Waals surface area contributed by atoms with Crippen molar-refractivity contribution in [2.24, 2.45) is 0 Å². The second-order valence-corrected chi connectivity index (χ2v) is 4.34. The maximum atomic E-state index is 3.76. The number of rotatable bonds is 8. The van der Waals surface area contributed by atoms with E-state index in [0.717, 1.165) is 6.54 Å². The Morgan fingerprint density at radius 1 is 1.06 bits per heavy atom. The zero-order chi connectivity index (χ0) is 11.6. The lowest BCUT2D eigenvalue weighted by Gasteiger charge is -1.99. The number of hydrogen-bond acceptors (Lipinski definition) is 0. The molecular weight excluding hydrogens is 230 g/mol. The standard InChI is InChI=1S/C15H24N.ClH/c1-3-5-6-7-8-9-12-16-13-10-15(4-2)11-14-16;/h4,10-11,13-14H,2-3,5-9,12H2,1H3;1H/q+1;/p-1. The van der Waals surface area contributed by atoms with Gasteiger partial charge in [0.1, 0.15) is 6.54 Å². The minimum atomic E-state index is 0. The fourth-order valence-electron chi connectivity index (χ4n) is 1.83. The molecule has 1 rings (SSSR count). The predicted octanol–water partition coefficient (Wildman–Crippen LogP) is 0.982. The van der Waals surface area contributed by atoms with Gasteiger partial charge in [0.2, 0.25) is 0 Å². The van der Waals surface area contributed by atoms with Crippen LogP contribution in [0.3, 0.4) is 0 Å². The van der Waals surface area contributed by atoms with E-state index in [9.17, 15) is 0 Å². The van der Waals surface area contributed by atoms with Crippen molar-refractivity contribution in [3.05, 3.63) is 36.7 Å². The van der Waals surface area contributed by atoms with Crippen LogP contribution >= 0.6 is 0 Å². The second-order valence-electron chi connectivity index (χ2n) is 4.34. The third-order valence-electron chi connectivity index (χ3n) is 2.92. The monoisotopic (exact) mass is 253 g/mol. The first-order valence-corrected chi connectivity index (χ1v) is 6.48. The predicted molar refractivity (Wildman–Crippen MR) is 70.1 cm³/mol. The Kier molecular flexibility index (Phi) is 9.84. The number of unbranched alkanes of at least 4 members (excludes halogenated alkanes) is 5. The quantitative estimate of drug-likeness (QED) is 0.481.